The van der Waals surface area contributed by atoms with Crippen LogP contribution in [0.25, 0.3) is 21.8 Å². The molecule has 0 aliphatic rings. The van der Waals surface area contributed by atoms with E-state index in [4.69, 9.17) is 5.90 Å². The maximum Gasteiger partial charge on any atom is 0.212 e. The lowest BCUT2D eigenvalue weighted by Crippen LogP contribution is -2.35. The van der Waals surface area contributed by atoms with Crippen molar-refractivity contribution in [3.8, 4) is 0 Å². The summed E-state index contributed by atoms with van der Waals surface area (Å²) in [6.07, 6.45) is 4.58. The van der Waals surface area contributed by atoms with Crippen LogP contribution in [0.3, 0.4) is 0 Å². The smallest absolute Gasteiger partial charge is 0.212 e. The molecular weight excluding hydrogens is 272 g/mol. The molecule has 3 nitrogen and oxygen atoms in total. The average Bonchev–Trinajstić information content (AvgIpc) is 2.57. The highest BCUT2D eigenvalue weighted by atomic mass is 16.6. The van der Waals surface area contributed by atoms with Crippen molar-refractivity contribution >= 4 is 21.8 Å². The predicted molar refractivity (Wildman–Crippen MR) is 90.3 cm³/mol. The first kappa shape index (κ1) is 14.9. The van der Waals surface area contributed by atoms with E-state index in [0.717, 1.165) is 13.0 Å². The Kier molecular flexibility index (Phi) is 4.99. The number of fused-ring (bicyclic) bond motifs is 2. The van der Waals surface area contributed by atoms with Gasteiger partial charge in [-0.15, -0.1) is 0 Å². The average molecular weight is 295 g/mol. The number of unbranched alkanes of at least 4 members (excludes halogenated alkanes) is 3. The van der Waals surface area contributed by atoms with Crippen LogP contribution in [-0.2, 0) is 11.4 Å². The van der Waals surface area contributed by atoms with E-state index in [2.05, 4.69) is 64.0 Å². The van der Waals surface area contributed by atoms with Crippen LogP contribution in [0.1, 0.15) is 25.7 Å². The number of nitrogens with zero attached hydrogens (tertiary/aromatic N) is 1. The Balaban J connectivity index is 1.85. The Morgan fingerprint density at radius 3 is 2.00 bits per heavy atom. The van der Waals surface area contributed by atoms with Gasteiger partial charge in [-0.1, -0.05) is 30.7 Å². The summed E-state index contributed by atoms with van der Waals surface area (Å²) in [6, 6.07) is 19.5. The summed E-state index contributed by atoms with van der Waals surface area (Å²) in [5, 5.41) is 2.61. The lowest BCUT2D eigenvalue weighted by molar-refractivity contribution is -0.645. The molecule has 114 valence electrons. The molecule has 0 atom stereocenters. The molecule has 2 N–H and O–H groups in total. The van der Waals surface area contributed by atoms with Crippen molar-refractivity contribution in [1.82, 2.24) is 0 Å². The maximum atomic E-state index is 5.05. The predicted octanol–water partition coefficient (Wildman–Crippen LogP) is 3.73. The monoisotopic (exact) mass is 295 g/mol. The number of nitrogens with two attached hydrogens (primary N) is 1. The number of rotatable bonds is 7. The van der Waals surface area contributed by atoms with E-state index in [1.807, 2.05) is 0 Å². The molecule has 2 aromatic carbocycles. The van der Waals surface area contributed by atoms with Gasteiger partial charge in [-0.2, -0.15) is 4.57 Å². The molecule has 0 bridgehead atoms. The molecule has 0 saturated carbocycles. The highest BCUT2D eigenvalue weighted by Gasteiger charge is 2.13. The number of hydrogen-bond acceptors (Lipinski definition) is 2. The van der Waals surface area contributed by atoms with Gasteiger partial charge in [0.2, 0.25) is 11.0 Å². The lowest BCUT2D eigenvalue weighted by Gasteiger charge is -2.06. The van der Waals surface area contributed by atoms with Crippen molar-refractivity contribution in [1.29, 1.82) is 0 Å². The summed E-state index contributed by atoms with van der Waals surface area (Å²) < 4.78 is 2.45. The summed E-state index contributed by atoms with van der Waals surface area (Å²) in [7, 11) is 0. The van der Waals surface area contributed by atoms with Crippen LogP contribution in [0.4, 0.5) is 0 Å². The Morgan fingerprint density at radius 2 is 1.36 bits per heavy atom. The zero-order valence-electron chi connectivity index (χ0n) is 12.9. The molecular formula is C19H23N2O+. The minimum absolute atomic E-state index is 0.657. The fourth-order valence-corrected chi connectivity index (χ4v) is 3.06. The van der Waals surface area contributed by atoms with E-state index in [1.165, 1.54) is 41.1 Å². The number of pyridine rings is 1. The van der Waals surface area contributed by atoms with Crippen LogP contribution in [-0.4, -0.2) is 6.61 Å². The van der Waals surface area contributed by atoms with E-state index in [1.54, 1.807) is 0 Å². The standard InChI is InChI=1S/C19H23N2O/c20-22-14-8-2-1-7-13-21-18-11-5-3-9-16(18)15-17-10-4-6-12-19(17)21/h3-6,9-12,15H,1-2,7-8,13-14,20H2/q+1. The molecule has 22 heavy (non-hydrogen) atoms. The third kappa shape index (κ3) is 3.26. The first-order valence-corrected chi connectivity index (χ1v) is 8.02. The minimum atomic E-state index is 0.657. The molecule has 3 rings (SSSR count). The van der Waals surface area contributed by atoms with Gasteiger partial charge in [0, 0.05) is 29.3 Å². The third-order valence-electron chi connectivity index (χ3n) is 4.16. The van der Waals surface area contributed by atoms with Crippen molar-refractivity contribution < 1.29 is 9.40 Å². The Morgan fingerprint density at radius 1 is 0.773 bits per heavy atom. The third-order valence-corrected chi connectivity index (χ3v) is 4.16. The van der Waals surface area contributed by atoms with Gasteiger partial charge in [0.15, 0.2) is 0 Å². The largest absolute Gasteiger partial charge is 0.305 e. The molecule has 0 fully saturated rings. The molecule has 1 heterocycles. The first-order valence-electron chi connectivity index (χ1n) is 8.02. The van der Waals surface area contributed by atoms with Gasteiger partial charge in [-0.25, -0.2) is 5.90 Å². The molecule has 0 unspecified atom stereocenters. The second-order valence-electron chi connectivity index (χ2n) is 5.70. The van der Waals surface area contributed by atoms with Gasteiger partial charge in [0.25, 0.3) is 0 Å². The van der Waals surface area contributed by atoms with Crippen LogP contribution >= 0.6 is 0 Å². The second-order valence-corrected chi connectivity index (χ2v) is 5.70. The maximum absolute atomic E-state index is 5.05. The summed E-state index contributed by atoms with van der Waals surface area (Å²) in [6.45, 7) is 1.70. The number of aromatic nitrogens is 1. The fraction of sp³-hybridized carbons (Fsp3) is 0.316. The molecule has 0 radical (unpaired) electrons. The zero-order chi connectivity index (χ0) is 15.2. The molecule has 3 aromatic rings. The Bertz CT molecular complexity index is 701. The highest BCUT2D eigenvalue weighted by molar-refractivity contribution is 5.88. The summed E-state index contributed by atoms with van der Waals surface area (Å²) >= 11 is 0. The van der Waals surface area contributed by atoms with Crippen molar-refractivity contribution in [2.75, 3.05) is 6.61 Å². The summed E-state index contributed by atoms with van der Waals surface area (Å²) in [4.78, 5) is 4.62. The van der Waals surface area contributed by atoms with Crippen LogP contribution in [0.15, 0.2) is 54.6 Å². The van der Waals surface area contributed by atoms with Crippen molar-refractivity contribution in [2.24, 2.45) is 5.90 Å². The molecule has 0 saturated heterocycles. The Hall–Kier alpha value is -1.97. The first-order chi connectivity index (χ1) is 10.9. The number of hydrogen-bond donors (Lipinski definition) is 1. The van der Waals surface area contributed by atoms with Crippen molar-refractivity contribution in [3.05, 3.63) is 54.6 Å². The number of aryl methyl sites for hydroxylation is 1. The quantitative estimate of drug-likeness (QED) is 0.312. The molecule has 3 heteroatoms. The lowest BCUT2D eigenvalue weighted by atomic mass is 10.1. The van der Waals surface area contributed by atoms with Crippen LogP contribution in [0.2, 0.25) is 0 Å². The topological polar surface area (TPSA) is 39.1 Å². The molecule has 0 aliphatic heterocycles. The molecule has 0 amide bonds. The van der Waals surface area contributed by atoms with Gasteiger partial charge < -0.3 is 4.84 Å². The Labute approximate surface area is 131 Å². The fourth-order valence-electron chi connectivity index (χ4n) is 3.06. The minimum Gasteiger partial charge on any atom is -0.305 e. The van der Waals surface area contributed by atoms with Gasteiger partial charge in [-0.3, -0.25) is 0 Å². The van der Waals surface area contributed by atoms with E-state index in [0.29, 0.717) is 6.61 Å². The van der Waals surface area contributed by atoms with Gasteiger partial charge in [0.05, 0.1) is 6.61 Å². The van der Waals surface area contributed by atoms with E-state index >= 15 is 0 Å². The van der Waals surface area contributed by atoms with E-state index < -0.39 is 0 Å². The highest BCUT2D eigenvalue weighted by Crippen LogP contribution is 2.18. The SMILES string of the molecule is NOCCCCCC[n+]1c2ccccc2cc2ccccc21. The summed E-state index contributed by atoms with van der Waals surface area (Å²) in [5.41, 5.74) is 2.62. The van der Waals surface area contributed by atoms with Crippen molar-refractivity contribution in [3.63, 3.8) is 0 Å². The van der Waals surface area contributed by atoms with Gasteiger partial charge in [0.1, 0.15) is 6.54 Å². The van der Waals surface area contributed by atoms with Gasteiger partial charge in [-0.05, 0) is 31.0 Å². The van der Waals surface area contributed by atoms with E-state index in [-0.39, 0.29) is 0 Å². The number of para-hydroxylation sites is 2. The summed E-state index contributed by atoms with van der Waals surface area (Å²) in [5.74, 6) is 5.05. The van der Waals surface area contributed by atoms with Crippen LogP contribution in [0, 0.1) is 0 Å². The number of benzene rings is 2. The van der Waals surface area contributed by atoms with Gasteiger partial charge >= 0.3 is 0 Å². The van der Waals surface area contributed by atoms with Crippen LogP contribution in [0.5, 0.6) is 0 Å². The molecule has 1 aromatic heterocycles. The second kappa shape index (κ2) is 7.34. The normalized spacial score (nSPS) is 11.3. The van der Waals surface area contributed by atoms with Crippen molar-refractivity contribution in [2.45, 2.75) is 32.2 Å². The van der Waals surface area contributed by atoms with Crippen LogP contribution < -0.4 is 10.5 Å². The molecule has 0 spiro atoms. The zero-order valence-corrected chi connectivity index (χ0v) is 12.9. The van der Waals surface area contributed by atoms with E-state index in [9.17, 15) is 0 Å². The molecule has 0 aliphatic carbocycles.